The highest BCUT2D eigenvalue weighted by molar-refractivity contribution is 7.99. The van der Waals surface area contributed by atoms with Crippen LogP contribution in [0.3, 0.4) is 0 Å². The van der Waals surface area contributed by atoms with Crippen molar-refractivity contribution < 1.29 is 12.9 Å². The number of hydrogen-bond acceptors (Lipinski definition) is 6. The molecule has 0 spiro atoms. The van der Waals surface area contributed by atoms with E-state index in [4.69, 9.17) is 4.52 Å². The average molecular weight is 432 g/mol. The molecule has 1 aromatic rings. The van der Waals surface area contributed by atoms with Crippen LogP contribution in [0.5, 0.6) is 0 Å². The van der Waals surface area contributed by atoms with Crippen molar-refractivity contribution in [1.29, 1.82) is 0 Å². The van der Waals surface area contributed by atoms with Crippen molar-refractivity contribution in [3.05, 3.63) is 17.5 Å². The van der Waals surface area contributed by atoms with Crippen LogP contribution in [-0.4, -0.2) is 67.3 Å². The molecular weight excluding hydrogens is 398 g/mol. The van der Waals surface area contributed by atoms with E-state index in [0.717, 1.165) is 30.0 Å². The lowest BCUT2D eigenvalue weighted by molar-refractivity contribution is 0.372. The lowest BCUT2D eigenvalue weighted by Gasteiger charge is -2.25. The van der Waals surface area contributed by atoms with E-state index in [0.29, 0.717) is 50.4 Å². The fourth-order valence-corrected chi connectivity index (χ4v) is 5.55. The molecule has 2 N–H and O–H groups in total. The summed E-state index contributed by atoms with van der Waals surface area (Å²) in [7, 11) is -3.23. The Morgan fingerprint density at radius 3 is 2.64 bits per heavy atom. The molecule has 1 fully saturated rings. The summed E-state index contributed by atoms with van der Waals surface area (Å²) in [5.74, 6) is 3.49. The Bertz CT molecular complexity index is 711. The topological polar surface area (TPSA) is 99.8 Å². The Morgan fingerprint density at radius 2 is 2.00 bits per heavy atom. The van der Waals surface area contributed by atoms with E-state index >= 15 is 0 Å². The summed E-state index contributed by atoms with van der Waals surface area (Å²) in [5, 5.41) is 10.4. The van der Waals surface area contributed by atoms with Crippen LogP contribution >= 0.6 is 11.8 Å². The maximum Gasteiger partial charge on any atom is 0.215 e. The predicted molar refractivity (Wildman–Crippen MR) is 115 cm³/mol. The van der Waals surface area contributed by atoms with E-state index < -0.39 is 10.0 Å². The van der Waals surface area contributed by atoms with Gasteiger partial charge in [0.1, 0.15) is 6.54 Å². The molecule has 0 amide bonds. The van der Waals surface area contributed by atoms with Crippen LogP contribution in [0.1, 0.15) is 51.0 Å². The van der Waals surface area contributed by atoms with Gasteiger partial charge >= 0.3 is 0 Å². The number of aromatic nitrogens is 1. The number of sulfonamides is 1. The zero-order chi connectivity index (χ0) is 20.4. The fourth-order valence-electron chi connectivity index (χ4n) is 3.05. The molecule has 1 saturated heterocycles. The molecule has 1 aliphatic heterocycles. The highest BCUT2D eigenvalue weighted by Crippen LogP contribution is 2.22. The quantitative estimate of drug-likeness (QED) is 0.432. The molecule has 10 heteroatoms. The number of thioether (sulfide) groups is 1. The number of nitrogens with zero attached hydrogens (tertiary/aromatic N) is 3. The molecule has 0 aromatic carbocycles. The van der Waals surface area contributed by atoms with Crippen molar-refractivity contribution in [2.75, 3.05) is 43.4 Å². The fraction of sp³-hybridized carbons (Fsp3) is 0.778. The number of nitrogens with one attached hydrogen (secondary N) is 2. The number of aliphatic imine (C=N–C) groups is 1. The molecule has 2 rings (SSSR count). The van der Waals surface area contributed by atoms with Crippen molar-refractivity contribution in [1.82, 2.24) is 20.1 Å². The minimum absolute atomic E-state index is 0.0587. The lowest BCUT2D eigenvalue weighted by Crippen LogP contribution is -2.44. The van der Waals surface area contributed by atoms with Crippen LogP contribution in [0.2, 0.25) is 0 Å². The zero-order valence-corrected chi connectivity index (χ0v) is 18.7. The summed E-state index contributed by atoms with van der Waals surface area (Å²) >= 11 is 1.80. The van der Waals surface area contributed by atoms with Gasteiger partial charge in [0.15, 0.2) is 11.7 Å². The maximum absolute atomic E-state index is 12.4. The highest BCUT2D eigenvalue weighted by atomic mass is 32.2. The summed E-state index contributed by atoms with van der Waals surface area (Å²) < 4.78 is 31.8. The van der Waals surface area contributed by atoms with Crippen molar-refractivity contribution in [3.63, 3.8) is 0 Å². The third-order valence-electron chi connectivity index (χ3n) is 4.73. The minimum atomic E-state index is -3.23. The molecule has 2 heterocycles. The average Bonchev–Trinajstić information content (AvgIpc) is 3.16. The first-order valence-corrected chi connectivity index (χ1v) is 12.8. The standard InChI is InChI=1S/C18H33N5O3S2/c1-4-15(5-2)17-13-16(26-22-17)14-21-18(19-6-3)20-7-12-28(24,25)23-8-10-27-11-9-23/h13,15H,4-12,14H2,1-3H3,(H2,19,20,21). The predicted octanol–water partition coefficient (Wildman–Crippen LogP) is 2.01. The largest absolute Gasteiger partial charge is 0.359 e. The first-order chi connectivity index (χ1) is 13.5. The Labute approximate surface area is 173 Å². The number of hydrogen-bond donors (Lipinski definition) is 2. The molecule has 0 unspecified atom stereocenters. The molecular formula is C18H33N5O3S2. The third-order valence-corrected chi connectivity index (χ3v) is 7.55. The van der Waals surface area contributed by atoms with Gasteiger partial charge < -0.3 is 15.2 Å². The molecule has 160 valence electrons. The monoisotopic (exact) mass is 431 g/mol. The normalized spacial score (nSPS) is 16.5. The van der Waals surface area contributed by atoms with Crippen LogP contribution in [0.15, 0.2) is 15.6 Å². The van der Waals surface area contributed by atoms with E-state index in [1.807, 2.05) is 13.0 Å². The summed E-state index contributed by atoms with van der Waals surface area (Å²) in [6.45, 7) is 8.83. The van der Waals surface area contributed by atoms with Gasteiger partial charge in [0, 0.05) is 49.7 Å². The van der Waals surface area contributed by atoms with Crippen LogP contribution in [0, 0.1) is 0 Å². The second kappa shape index (κ2) is 11.7. The van der Waals surface area contributed by atoms with E-state index in [1.54, 1.807) is 16.1 Å². The van der Waals surface area contributed by atoms with Crippen LogP contribution in [-0.2, 0) is 16.6 Å². The van der Waals surface area contributed by atoms with Crippen LogP contribution in [0.4, 0.5) is 0 Å². The van der Waals surface area contributed by atoms with E-state index in [1.165, 1.54) is 0 Å². The highest BCUT2D eigenvalue weighted by Gasteiger charge is 2.23. The Hall–Kier alpha value is -1.26. The summed E-state index contributed by atoms with van der Waals surface area (Å²) in [6, 6.07) is 1.96. The summed E-state index contributed by atoms with van der Waals surface area (Å²) in [5.41, 5.74) is 0.971. The van der Waals surface area contributed by atoms with Gasteiger partial charge in [-0.25, -0.2) is 17.7 Å². The van der Waals surface area contributed by atoms with Crippen molar-refractivity contribution in [2.45, 2.75) is 46.1 Å². The van der Waals surface area contributed by atoms with Gasteiger partial charge in [-0.05, 0) is 19.8 Å². The second-order valence-corrected chi connectivity index (χ2v) is 9.99. The van der Waals surface area contributed by atoms with Crippen molar-refractivity contribution in [3.8, 4) is 0 Å². The first-order valence-electron chi connectivity index (χ1n) is 10.0. The molecule has 1 aromatic heterocycles. The molecule has 28 heavy (non-hydrogen) atoms. The van der Waals surface area contributed by atoms with E-state index in [2.05, 4.69) is 34.6 Å². The van der Waals surface area contributed by atoms with Gasteiger partial charge in [-0.3, -0.25) is 0 Å². The van der Waals surface area contributed by atoms with Crippen LogP contribution < -0.4 is 10.6 Å². The molecule has 0 aliphatic carbocycles. The van der Waals surface area contributed by atoms with Crippen LogP contribution in [0.25, 0.3) is 0 Å². The molecule has 0 atom stereocenters. The Kier molecular flexibility index (Phi) is 9.60. The molecule has 1 aliphatic rings. The van der Waals surface area contributed by atoms with Gasteiger partial charge in [0.25, 0.3) is 0 Å². The van der Waals surface area contributed by atoms with Crippen molar-refractivity contribution >= 4 is 27.7 Å². The molecule has 8 nitrogen and oxygen atoms in total. The SMILES string of the molecule is CCNC(=NCc1cc(C(CC)CC)no1)NCCS(=O)(=O)N1CCSCC1. The molecule has 0 saturated carbocycles. The first kappa shape index (κ1) is 23.0. The van der Waals surface area contributed by atoms with Gasteiger partial charge in [-0.15, -0.1) is 0 Å². The maximum atomic E-state index is 12.4. The van der Waals surface area contributed by atoms with Gasteiger partial charge in [0.05, 0.1) is 11.4 Å². The third kappa shape index (κ3) is 6.97. The number of rotatable bonds is 10. The Morgan fingerprint density at radius 1 is 1.29 bits per heavy atom. The van der Waals surface area contributed by atoms with E-state index in [9.17, 15) is 8.42 Å². The summed E-state index contributed by atoms with van der Waals surface area (Å²) in [6.07, 6.45) is 2.06. The smallest absolute Gasteiger partial charge is 0.215 e. The van der Waals surface area contributed by atoms with Gasteiger partial charge in [-0.1, -0.05) is 19.0 Å². The summed E-state index contributed by atoms with van der Waals surface area (Å²) in [4.78, 5) is 4.49. The Balaban J connectivity index is 1.88. The molecule has 0 radical (unpaired) electrons. The number of guanidine groups is 1. The van der Waals surface area contributed by atoms with Gasteiger partial charge in [0.2, 0.25) is 10.0 Å². The minimum Gasteiger partial charge on any atom is -0.359 e. The van der Waals surface area contributed by atoms with E-state index in [-0.39, 0.29) is 5.75 Å². The second-order valence-electron chi connectivity index (χ2n) is 6.68. The van der Waals surface area contributed by atoms with Crippen molar-refractivity contribution in [2.24, 2.45) is 4.99 Å². The van der Waals surface area contributed by atoms with Gasteiger partial charge in [-0.2, -0.15) is 11.8 Å². The molecule has 0 bridgehead atoms. The zero-order valence-electron chi connectivity index (χ0n) is 17.1. The lowest BCUT2D eigenvalue weighted by atomic mass is 9.99.